The average molecular weight is 965 g/mol. The topological polar surface area (TPSA) is 209 Å². The molecule has 0 bridgehead atoms. The van der Waals surface area contributed by atoms with Crippen molar-refractivity contribution in [3.05, 3.63) is 129 Å². The Bertz CT molecular complexity index is 2480. The van der Waals surface area contributed by atoms with Crippen LogP contribution in [0.1, 0.15) is 80.4 Å². The zero-order valence-electron chi connectivity index (χ0n) is 35.1. The summed E-state index contributed by atoms with van der Waals surface area (Å²) in [6.07, 6.45) is -8.17. The van der Waals surface area contributed by atoms with E-state index in [1.807, 2.05) is 13.8 Å². The molecule has 0 spiro atoms. The largest absolute Gasteiger partial charge is 0.573 e. The van der Waals surface area contributed by atoms with Gasteiger partial charge in [0.15, 0.2) is 11.6 Å². The fourth-order valence-corrected chi connectivity index (χ4v) is 7.89. The van der Waals surface area contributed by atoms with Crippen LogP contribution in [0, 0.1) is 0 Å². The van der Waals surface area contributed by atoms with Crippen LogP contribution < -0.4 is 30.7 Å². The molecule has 2 aromatic heterocycles. The molecule has 0 aliphatic rings. The van der Waals surface area contributed by atoms with Crippen LogP contribution in [-0.2, 0) is 32.0 Å². The number of halogens is 6. The molecule has 6 N–H and O–H groups in total. The van der Waals surface area contributed by atoms with Gasteiger partial charge in [-0.1, -0.05) is 51.1 Å². The summed E-state index contributed by atoms with van der Waals surface area (Å²) in [5, 5.41) is 29.0. The quantitative estimate of drug-likeness (QED) is 0.0320. The SMILES string of the molecule is CCc1cc(C(=O)c2ccc(OC(F)(F)F)cc2)c(NC(=O)C(CC)NCC(=O)O)s1.CCc1cc(C(=O)c2ccc(OC(F)(F)F)cc2)c(NC(=O)C(NCC(=O)O)c2ccccc2)s1. The Morgan fingerprint density at radius 3 is 1.38 bits per heavy atom. The second kappa shape index (κ2) is 23.5. The minimum atomic E-state index is -4.85. The minimum Gasteiger partial charge on any atom is -0.480 e. The van der Waals surface area contributed by atoms with Gasteiger partial charge < -0.3 is 30.3 Å². The number of benzene rings is 3. The van der Waals surface area contributed by atoms with Gasteiger partial charge >= 0.3 is 24.7 Å². The number of carbonyl (C=O) groups is 6. The molecule has 2 unspecified atom stereocenters. The van der Waals surface area contributed by atoms with Gasteiger partial charge in [-0.3, -0.25) is 39.4 Å². The van der Waals surface area contributed by atoms with E-state index in [1.54, 1.807) is 49.4 Å². The number of carbonyl (C=O) groups excluding carboxylic acids is 4. The first-order valence-electron chi connectivity index (χ1n) is 19.7. The zero-order valence-corrected chi connectivity index (χ0v) is 36.7. The third kappa shape index (κ3) is 15.8. The number of alkyl halides is 6. The Kier molecular flexibility index (Phi) is 18.5. The van der Waals surface area contributed by atoms with Gasteiger partial charge in [-0.05, 0) is 85.5 Å². The summed E-state index contributed by atoms with van der Waals surface area (Å²) in [7, 11) is 0. The third-order valence-corrected chi connectivity index (χ3v) is 11.4. The first kappa shape index (κ1) is 52.0. The molecular formula is C44H42F6N4O10S2. The highest BCUT2D eigenvalue weighted by molar-refractivity contribution is 7.17. The van der Waals surface area contributed by atoms with Crippen LogP contribution in [0.5, 0.6) is 11.5 Å². The molecule has 0 fully saturated rings. The molecule has 0 radical (unpaired) electrons. The first-order chi connectivity index (χ1) is 31.1. The summed E-state index contributed by atoms with van der Waals surface area (Å²) >= 11 is 2.39. The van der Waals surface area contributed by atoms with Gasteiger partial charge in [-0.15, -0.1) is 49.0 Å². The number of anilines is 2. The van der Waals surface area contributed by atoms with Crippen molar-refractivity contribution in [1.82, 2.24) is 10.6 Å². The van der Waals surface area contributed by atoms with Crippen LogP contribution >= 0.6 is 22.7 Å². The van der Waals surface area contributed by atoms with Gasteiger partial charge in [0, 0.05) is 20.9 Å². The molecule has 5 rings (SSSR count). The van der Waals surface area contributed by atoms with Crippen LogP contribution in [0.15, 0.2) is 91.0 Å². The number of ketones is 2. The predicted octanol–water partition coefficient (Wildman–Crippen LogP) is 8.63. The van der Waals surface area contributed by atoms with Crippen LogP contribution in [0.25, 0.3) is 0 Å². The summed E-state index contributed by atoms with van der Waals surface area (Å²) in [5.41, 5.74) is 1.15. The van der Waals surface area contributed by atoms with Gasteiger partial charge in [0.05, 0.1) is 30.3 Å². The highest BCUT2D eigenvalue weighted by Crippen LogP contribution is 2.34. The molecular weight excluding hydrogens is 923 g/mol. The van der Waals surface area contributed by atoms with Crippen molar-refractivity contribution in [2.75, 3.05) is 23.7 Å². The molecule has 352 valence electrons. The monoisotopic (exact) mass is 964 g/mol. The van der Waals surface area contributed by atoms with Gasteiger partial charge in [-0.25, -0.2) is 0 Å². The molecule has 0 aliphatic heterocycles. The summed E-state index contributed by atoms with van der Waals surface area (Å²) in [4.78, 5) is 75.1. The summed E-state index contributed by atoms with van der Waals surface area (Å²) in [5.74, 6) is -5.19. The molecule has 2 amide bonds. The van der Waals surface area contributed by atoms with E-state index in [-0.39, 0.29) is 32.3 Å². The smallest absolute Gasteiger partial charge is 0.480 e. The molecule has 0 saturated carbocycles. The molecule has 66 heavy (non-hydrogen) atoms. The first-order valence-corrected chi connectivity index (χ1v) is 21.4. The highest BCUT2D eigenvalue weighted by atomic mass is 32.1. The predicted molar refractivity (Wildman–Crippen MR) is 232 cm³/mol. The Balaban J connectivity index is 0.000000291. The van der Waals surface area contributed by atoms with Crippen molar-refractivity contribution in [2.45, 2.75) is 64.8 Å². The normalized spacial score (nSPS) is 12.2. The minimum absolute atomic E-state index is 0.110. The van der Waals surface area contributed by atoms with Crippen molar-refractivity contribution < 1.29 is 74.8 Å². The number of carboxylic acids is 2. The standard InChI is InChI=1S/C24H21F3N2O5S.C20H21F3N2O5S/c1-2-17-12-18(21(32)15-8-10-16(11-9-15)34-24(25,26)27)23(35-17)29-22(33)20(28-13-19(30)31)14-6-4-3-5-7-14;1-3-13-9-14(17(28)11-5-7-12(8-6-11)30-20(21,22)23)19(31-13)25-18(29)15(4-2)24-10-16(26)27/h3-12,20,28H,2,13H2,1H3,(H,29,33)(H,30,31);5-9,15,24H,3-4,10H2,1-2H3,(H,25,29)(H,26,27). The van der Waals surface area contributed by atoms with Crippen LogP contribution in [0.2, 0.25) is 0 Å². The Hall–Kier alpha value is -6.62. The van der Waals surface area contributed by atoms with E-state index < -0.39 is 84.7 Å². The third-order valence-electron chi connectivity index (χ3n) is 9.00. The van der Waals surface area contributed by atoms with Gasteiger partial charge in [0.1, 0.15) is 27.5 Å². The molecule has 14 nitrogen and oxygen atoms in total. The fourth-order valence-electron chi connectivity index (χ4n) is 5.90. The highest BCUT2D eigenvalue weighted by Gasteiger charge is 2.32. The van der Waals surface area contributed by atoms with Crippen LogP contribution in [-0.4, -0.2) is 77.4 Å². The Morgan fingerprint density at radius 1 is 0.591 bits per heavy atom. The molecule has 2 heterocycles. The molecule has 2 atom stereocenters. The number of amides is 2. The molecule has 0 aliphatic carbocycles. The maximum absolute atomic E-state index is 13.1. The lowest BCUT2D eigenvalue weighted by molar-refractivity contribution is -0.275. The van der Waals surface area contributed by atoms with E-state index in [9.17, 15) is 55.1 Å². The second-order valence-corrected chi connectivity index (χ2v) is 16.0. The molecule has 5 aromatic rings. The van der Waals surface area contributed by atoms with Gasteiger partial charge in [0.2, 0.25) is 11.8 Å². The Morgan fingerprint density at radius 2 is 1.00 bits per heavy atom. The maximum atomic E-state index is 13.1. The number of nitrogens with one attached hydrogen (secondary N) is 4. The fraction of sp³-hybridized carbons (Fsp3) is 0.273. The van der Waals surface area contributed by atoms with Gasteiger partial charge in [0.25, 0.3) is 0 Å². The summed E-state index contributed by atoms with van der Waals surface area (Å²) in [6.45, 7) is 4.60. The van der Waals surface area contributed by atoms with Crippen molar-refractivity contribution in [3.8, 4) is 11.5 Å². The molecule has 0 saturated heterocycles. The number of aliphatic carboxylic acids is 2. The van der Waals surface area contributed by atoms with E-state index in [2.05, 4.69) is 30.7 Å². The van der Waals surface area contributed by atoms with Crippen molar-refractivity contribution >= 4 is 68.0 Å². The van der Waals surface area contributed by atoms with E-state index in [0.29, 0.717) is 24.8 Å². The number of rotatable bonds is 20. The number of ether oxygens (including phenoxy) is 2. The lowest BCUT2D eigenvalue weighted by Crippen LogP contribution is -2.42. The van der Waals surface area contributed by atoms with Crippen molar-refractivity contribution in [2.24, 2.45) is 0 Å². The summed E-state index contributed by atoms with van der Waals surface area (Å²) in [6, 6.07) is 18.9. The van der Waals surface area contributed by atoms with Crippen molar-refractivity contribution in [1.29, 1.82) is 0 Å². The van der Waals surface area contributed by atoms with Crippen molar-refractivity contribution in [3.63, 3.8) is 0 Å². The van der Waals surface area contributed by atoms with E-state index in [4.69, 9.17) is 10.2 Å². The van der Waals surface area contributed by atoms with Crippen LogP contribution in [0.4, 0.5) is 36.3 Å². The second-order valence-electron chi connectivity index (χ2n) is 13.8. The average Bonchev–Trinajstić information content (AvgIpc) is 3.87. The maximum Gasteiger partial charge on any atom is 0.573 e. The van der Waals surface area contributed by atoms with Gasteiger partial charge in [-0.2, -0.15) is 0 Å². The lowest BCUT2D eigenvalue weighted by Gasteiger charge is -2.18. The van der Waals surface area contributed by atoms with Crippen LogP contribution in [0.3, 0.4) is 0 Å². The number of thiophene rings is 2. The van der Waals surface area contributed by atoms with E-state index in [0.717, 1.165) is 34.0 Å². The zero-order chi connectivity index (χ0) is 48.8. The number of hydrogen-bond acceptors (Lipinski definition) is 12. The lowest BCUT2D eigenvalue weighted by atomic mass is 10.0. The van der Waals surface area contributed by atoms with E-state index >= 15 is 0 Å². The summed E-state index contributed by atoms with van der Waals surface area (Å²) < 4.78 is 81.8. The molecule has 22 heteroatoms. The number of aryl methyl sites for hydroxylation is 2. The molecule has 3 aromatic carbocycles. The Labute approximate surface area is 380 Å². The van der Waals surface area contributed by atoms with E-state index in [1.165, 1.54) is 46.9 Å². The number of hydrogen-bond donors (Lipinski definition) is 6. The number of carboxylic acid groups (broad SMARTS) is 2.